The average Bonchev–Trinajstić information content (AvgIpc) is 2.94. The number of rotatable bonds is 6. The number of aryl methyl sites for hydroxylation is 2. The molecule has 8 heteroatoms. The van der Waals surface area contributed by atoms with Crippen LogP contribution in [-0.2, 0) is 11.3 Å². The molecule has 0 spiro atoms. The van der Waals surface area contributed by atoms with Gasteiger partial charge in [0.2, 0.25) is 5.91 Å². The topological polar surface area (TPSA) is 58.6 Å². The largest absolute Gasteiger partial charge is 0.497 e. The normalized spacial score (nSPS) is 15.3. The Bertz CT molecular complexity index is 1050. The van der Waals surface area contributed by atoms with E-state index in [-0.39, 0.29) is 5.91 Å². The standard InChI is InChI=1S/C23H28N4O2S2/c1-16-17(2)31-23-21(16)22(24-15-25-23)30-14-20(28)27-10-4-9-26(11-12-27)13-18-5-7-19(29-3)8-6-18/h5-8,15H,4,9-14H2,1-3H3. The number of hydrogen-bond donors (Lipinski definition) is 0. The fourth-order valence-corrected chi connectivity index (χ4v) is 5.87. The molecular weight excluding hydrogens is 428 g/mol. The van der Waals surface area contributed by atoms with Crippen molar-refractivity contribution in [2.45, 2.75) is 31.8 Å². The van der Waals surface area contributed by atoms with Gasteiger partial charge < -0.3 is 9.64 Å². The van der Waals surface area contributed by atoms with Gasteiger partial charge in [0.1, 0.15) is 21.9 Å². The number of carbonyl (C=O) groups is 1. The van der Waals surface area contributed by atoms with E-state index in [0.717, 1.165) is 60.1 Å². The highest BCUT2D eigenvalue weighted by Gasteiger charge is 2.20. The second-order valence-electron chi connectivity index (χ2n) is 7.79. The Morgan fingerprint density at radius 3 is 2.71 bits per heavy atom. The first-order chi connectivity index (χ1) is 15.0. The minimum absolute atomic E-state index is 0.188. The van der Waals surface area contributed by atoms with Crippen molar-refractivity contribution in [3.05, 3.63) is 46.6 Å². The molecule has 3 heterocycles. The highest BCUT2D eigenvalue weighted by molar-refractivity contribution is 8.00. The molecule has 1 saturated heterocycles. The lowest BCUT2D eigenvalue weighted by Crippen LogP contribution is -2.36. The summed E-state index contributed by atoms with van der Waals surface area (Å²) >= 11 is 3.22. The van der Waals surface area contributed by atoms with Crippen LogP contribution < -0.4 is 4.74 Å². The predicted molar refractivity (Wildman–Crippen MR) is 127 cm³/mol. The molecule has 31 heavy (non-hydrogen) atoms. The van der Waals surface area contributed by atoms with Crippen LogP contribution in [0.15, 0.2) is 35.6 Å². The molecule has 164 valence electrons. The maximum absolute atomic E-state index is 12.9. The monoisotopic (exact) mass is 456 g/mol. The van der Waals surface area contributed by atoms with Gasteiger partial charge in [-0.15, -0.1) is 11.3 Å². The first kappa shape index (κ1) is 22.0. The van der Waals surface area contributed by atoms with Gasteiger partial charge >= 0.3 is 0 Å². The van der Waals surface area contributed by atoms with Crippen LogP contribution in [0.5, 0.6) is 5.75 Å². The number of nitrogens with zero attached hydrogens (tertiary/aromatic N) is 4. The van der Waals surface area contributed by atoms with E-state index in [1.807, 2.05) is 17.0 Å². The summed E-state index contributed by atoms with van der Waals surface area (Å²) < 4.78 is 5.24. The van der Waals surface area contributed by atoms with Crippen molar-refractivity contribution < 1.29 is 9.53 Å². The first-order valence-electron chi connectivity index (χ1n) is 10.5. The number of hydrogen-bond acceptors (Lipinski definition) is 7. The second kappa shape index (κ2) is 9.97. The Morgan fingerprint density at radius 1 is 1.13 bits per heavy atom. The summed E-state index contributed by atoms with van der Waals surface area (Å²) in [7, 11) is 1.68. The summed E-state index contributed by atoms with van der Waals surface area (Å²) in [5, 5.41) is 2.01. The van der Waals surface area contributed by atoms with Crippen molar-refractivity contribution in [3.63, 3.8) is 0 Å². The third-order valence-corrected chi connectivity index (χ3v) is 7.86. The molecule has 0 aliphatic carbocycles. The molecule has 0 atom stereocenters. The zero-order valence-corrected chi connectivity index (χ0v) is 19.9. The quantitative estimate of drug-likeness (QED) is 0.410. The number of amides is 1. The van der Waals surface area contributed by atoms with Crippen LogP contribution in [0.1, 0.15) is 22.4 Å². The van der Waals surface area contributed by atoms with Gasteiger partial charge in [-0.2, -0.15) is 0 Å². The number of thiophene rings is 1. The molecule has 1 fully saturated rings. The van der Waals surface area contributed by atoms with Crippen LogP contribution in [0, 0.1) is 13.8 Å². The molecule has 0 radical (unpaired) electrons. The van der Waals surface area contributed by atoms with Crippen molar-refractivity contribution in [1.29, 1.82) is 0 Å². The fourth-order valence-electron chi connectivity index (χ4n) is 3.85. The van der Waals surface area contributed by atoms with Gasteiger partial charge in [0.15, 0.2) is 0 Å². The molecule has 4 rings (SSSR count). The number of carbonyl (C=O) groups excluding carboxylic acids is 1. The molecule has 1 aliphatic rings. The van der Waals surface area contributed by atoms with Crippen LogP contribution >= 0.6 is 23.1 Å². The van der Waals surface area contributed by atoms with Gasteiger partial charge in [-0.25, -0.2) is 9.97 Å². The summed E-state index contributed by atoms with van der Waals surface area (Å²) in [6.45, 7) is 8.59. The van der Waals surface area contributed by atoms with E-state index in [1.165, 1.54) is 27.8 Å². The number of aromatic nitrogens is 2. The van der Waals surface area contributed by atoms with E-state index >= 15 is 0 Å². The summed E-state index contributed by atoms with van der Waals surface area (Å²) in [6.07, 6.45) is 2.60. The van der Waals surface area contributed by atoms with Gasteiger partial charge in [0.25, 0.3) is 0 Å². The lowest BCUT2D eigenvalue weighted by Gasteiger charge is -2.22. The molecular formula is C23H28N4O2S2. The van der Waals surface area contributed by atoms with Gasteiger partial charge in [0.05, 0.1) is 12.9 Å². The smallest absolute Gasteiger partial charge is 0.233 e. The Kier molecular flexibility index (Phi) is 7.09. The molecule has 1 aromatic carbocycles. The predicted octanol–water partition coefficient (Wildman–Crippen LogP) is 4.14. The van der Waals surface area contributed by atoms with Crippen LogP contribution in [0.4, 0.5) is 0 Å². The van der Waals surface area contributed by atoms with E-state index in [9.17, 15) is 4.79 Å². The van der Waals surface area contributed by atoms with Gasteiger partial charge in [-0.3, -0.25) is 9.69 Å². The zero-order valence-electron chi connectivity index (χ0n) is 18.3. The lowest BCUT2D eigenvalue weighted by atomic mass is 10.2. The number of thioether (sulfide) groups is 1. The molecule has 0 N–H and O–H groups in total. The number of methoxy groups -OCH3 is 1. The number of fused-ring (bicyclic) bond motifs is 1. The van der Waals surface area contributed by atoms with Gasteiger partial charge in [-0.05, 0) is 43.5 Å². The summed E-state index contributed by atoms with van der Waals surface area (Å²) in [4.78, 5) is 28.5. The van der Waals surface area contributed by atoms with E-state index < -0.39 is 0 Å². The van der Waals surface area contributed by atoms with Crippen LogP contribution in [0.25, 0.3) is 10.2 Å². The summed E-state index contributed by atoms with van der Waals surface area (Å²) in [6, 6.07) is 8.22. The third-order valence-electron chi connectivity index (χ3n) is 5.77. The lowest BCUT2D eigenvalue weighted by molar-refractivity contribution is -0.128. The van der Waals surface area contributed by atoms with Gasteiger partial charge in [-0.1, -0.05) is 23.9 Å². The number of ether oxygens (including phenoxy) is 1. The molecule has 1 amide bonds. The third kappa shape index (κ3) is 5.19. The number of benzene rings is 1. The highest BCUT2D eigenvalue weighted by atomic mass is 32.2. The Balaban J connectivity index is 1.32. The molecule has 0 bridgehead atoms. The van der Waals surface area contributed by atoms with Gasteiger partial charge in [0, 0.05) is 43.0 Å². The molecule has 2 aromatic heterocycles. The van der Waals surface area contributed by atoms with Crippen LogP contribution in [-0.4, -0.2) is 64.7 Å². The van der Waals surface area contributed by atoms with E-state index in [0.29, 0.717) is 5.75 Å². The van der Waals surface area contributed by atoms with Crippen molar-refractivity contribution in [3.8, 4) is 5.75 Å². The average molecular weight is 457 g/mol. The Hall–Kier alpha value is -2.16. The van der Waals surface area contributed by atoms with Crippen LogP contribution in [0.2, 0.25) is 0 Å². The highest BCUT2D eigenvalue weighted by Crippen LogP contribution is 2.34. The van der Waals surface area contributed by atoms with E-state index in [1.54, 1.807) is 24.8 Å². The molecule has 0 saturated carbocycles. The minimum Gasteiger partial charge on any atom is -0.497 e. The molecule has 6 nitrogen and oxygen atoms in total. The van der Waals surface area contributed by atoms with Crippen molar-refractivity contribution in [2.24, 2.45) is 0 Å². The Morgan fingerprint density at radius 2 is 1.94 bits per heavy atom. The molecule has 1 aliphatic heterocycles. The van der Waals surface area contributed by atoms with Crippen molar-refractivity contribution >= 4 is 39.2 Å². The van der Waals surface area contributed by atoms with E-state index in [2.05, 4.69) is 40.8 Å². The molecule has 0 unspecified atom stereocenters. The maximum atomic E-state index is 12.9. The second-order valence-corrected chi connectivity index (χ2v) is 9.96. The minimum atomic E-state index is 0.188. The fraction of sp³-hybridized carbons (Fsp3) is 0.435. The SMILES string of the molecule is COc1ccc(CN2CCCN(C(=O)CSc3ncnc4sc(C)c(C)c34)CC2)cc1. The molecule has 3 aromatic rings. The summed E-state index contributed by atoms with van der Waals surface area (Å²) in [5.41, 5.74) is 2.49. The maximum Gasteiger partial charge on any atom is 0.233 e. The first-order valence-corrected chi connectivity index (χ1v) is 12.3. The Labute approximate surface area is 191 Å². The van der Waals surface area contributed by atoms with Crippen LogP contribution in [0.3, 0.4) is 0 Å². The zero-order chi connectivity index (χ0) is 21.8. The van der Waals surface area contributed by atoms with E-state index in [4.69, 9.17) is 4.74 Å². The summed E-state index contributed by atoms with van der Waals surface area (Å²) in [5.74, 6) is 1.48. The van der Waals surface area contributed by atoms with Crippen molar-refractivity contribution in [2.75, 3.05) is 39.0 Å². The van der Waals surface area contributed by atoms with Crippen molar-refractivity contribution in [1.82, 2.24) is 19.8 Å².